The van der Waals surface area contributed by atoms with Gasteiger partial charge in [-0.25, -0.2) is 9.78 Å². The smallest absolute Gasteiger partial charge is 0.326 e. The fraction of sp³-hybridized carbons (Fsp3) is 0.375. The molecule has 0 radical (unpaired) electrons. The highest BCUT2D eigenvalue weighted by atomic mass is 35.5. The van der Waals surface area contributed by atoms with E-state index in [4.69, 9.17) is 11.6 Å². The van der Waals surface area contributed by atoms with Crippen molar-refractivity contribution in [2.24, 2.45) is 0 Å². The van der Waals surface area contributed by atoms with Crippen molar-refractivity contribution in [2.75, 3.05) is 4.90 Å². The van der Waals surface area contributed by atoms with Crippen molar-refractivity contribution < 1.29 is 14.7 Å². The van der Waals surface area contributed by atoms with Crippen LogP contribution in [0.5, 0.6) is 0 Å². The van der Waals surface area contributed by atoms with Crippen molar-refractivity contribution in [3.63, 3.8) is 0 Å². The van der Waals surface area contributed by atoms with Crippen molar-refractivity contribution in [1.29, 1.82) is 0 Å². The summed E-state index contributed by atoms with van der Waals surface area (Å²) >= 11 is 7.80. The Labute approximate surface area is 197 Å². The topological polar surface area (TPSA) is 75.4 Å². The van der Waals surface area contributed by atoms with Gasteiger partial charge in [0, 0.05) is 28.2 Å². The third-order valence-electron chi connectivity index (χ3n) is 5.37. The van der Waals surface area contributed by atoms with Crippen molar-refractivity contribution in [3.8, 4) is 0 Å². The van der Waals surface area contributed by atoms with Gasteiger partial charge in [-0.1, -0.05) is 43.1 Å². The first-order valence-electron chi connectivity index (χ1n) is 10.7. The van der Waals surface area contributed by atoms with E-state index < -0.39 is 12.0 Å². The summed E-state index contributed by atoms with van der Waals surface area (Å²) in [6.45, 7) is 6.10. The summed E-state index contributed by atoms with van der Waals surface area (Å²) in [7, 11) is 0. The lowest BCUT2D eigenvalue weighted by Gasteiger charge is -2.25. The van der Waals surface area contributed by atoms with E-state index in [0.717, 1.165) is 41.2 Å². The fourth-order valence-electron chi connectivity index (χ4n) is 3.55. The molecule has 1 N–H and O–H groups in total. The Balaban J connectivity index is 1.93. The van der Waals surface area contributed by atoms with Gasteiger partial charge in [0.15, 0.2) is 0 Å². The molecule has 1 aromatic carbocycles. The molecule has 3 aromatic rings. The van der Waals surface area contributed by atoms with Crippen LogP contribution in [0.2, 0.25) is 5.02 Å². The molecule has 0 saturated carbocycles. The van der Waals surface area contributed by atoms with E-state index >= 15 is 0 Å². The zero-order valence-electron chi connectivity index (χ0n) is 18.5. The molecule has 0 saturated heterocycles. The second-order valence-electron chi connectivity index (χ2n) is 7.79. The molecule has 1 unspecified atom stereocenters. The van der Waals surface area contributed by atoms with Gasteiger partial charge in [-0.05, 0) is 44.0 Å². The number of hydrogen-bond donors (Lipinski definition) is 1. The summed E-state index contributed by atoms with van der Waals surface area (Å²) in [6.07, 6.45) is 4.61. The van der Waals surface area contributed by atoms with E-state index in [1.54, 1.807) is 12.3 Å². The Kier molecular flexibility index (Phi) is 8.10. The SMILES string of the molecule is CCCCc1ncc(CC(=O)N(c2ccc(C)s2)C(C)C(=O)O)n1Cc1ccccc1Cl. The number of hydrogen-bond acceptors (Lipinski definition) is 4. The highest BCUT2D eigenvalue weighted by Crippen LogP contribution is 2.28. The maximum atomic E-state index is 13.4. The first-order valence-corrected chi connectivity index (χ1v) is 11.9. The number of anilines is 1. The Morgan fingerprint density at radius 1 is 1.25 bits per heavy atom. The molecule has 0 bridgehead atoms. The monoisotopic (exact) mass is 473 g/mol. The Bertz CT molecular complexity index is 1090. The van der Waals surface area contributed by atoms with Crippen LogP contribution in [0, 0.1) is 6.92 Å². The molecule has 6 nitrogen and oxygen atoms in total. The quantitative estimate of drug-likeness (QED) is 0.431. The van der Waals surface area contributed by atoms with Crippen LogP contribution in [-0.4, -0.2) is 32.6 Å². The van der Waals surface area contributed by atoms with Crippen LogP contribution in [0.4, 0.5) is 5.00 Å². The Morgan fingerprint density at radius 3 is 2.62 bits per heavy atom. The first-order chi connectivity index (χ1) is 15.3. The van der Waals surface area contributed by atoms with Crippen LogP contribution in [0.3, 0.4) is 0 Å². The van der Waals surface area contributed by atoms with Gasteiger partial charge < -0.3 is 9.67 Å². The number of imidazole rings is 1. The van der Waals surface area contributed by atoms with E-state index in [0.29, 0.717) is 16.6 Å². The summed E-state index contributed by atoms with van der Waals surface area (Å²) in [4.78, 5) is 32.1. The summed E-state index contributed by atoms with van der Waals surface area (Å²) in [5.74, 6) is -0.416. The molecule has 2 aromatic heterocycles. The second kappa shape index (κ2) is 10.8. The standard InChI is InChI=1S/C24H28ClN3O3S/c1-4-5-10-21-26-14-19(27(21)15-18-8-6-7-9-20(18)25)13-22(29)28(17(3)24(30)31)23-12-11-16(2)32-23/h6-9,11-12,14,17H,4-5,10,13,15H2,1-3H3,(H,30,31). The minimum absolute atomic E-state index is 0.0537. The van der Waals surface area contributed by atoms with Crippen LogP contribution in [-0.2, 0) is 29.0 Å². The number of unbranched alkanes of at least 4 members (excludes halogenated alkanes) is 1. The Morgan fingerprint density at radius 2 is 2.00 bits per heavy atom. The predicted octanol–water partition coefficient (Wildman–Crippen LogP) is 5.35. The van der Waals surface area contributed by atoms with Gasteiger partial charge in [-0.15, -0.1) is 11.3 Å². The van der Waals surface area contributed by atoms with Crippen molar-refractivity contribution in [2.45, 2.75) is 59.0 Å². The first kappa shape index (κ1) is 24.0. The predicted molar refractivity (Wildman–Crippen MR) is 129 cm³/mol. The average molecular weight is 474 g/mol. The van der Waals surface area contributed by atoms with E-state index in [9.17, 15) is 14.7 Å². The molecule has 0 aliphatic heterocycles. The maximum absolute atomic E-state index is 13.4. The lowest BCUT2D eigenvalue weighted by Crippen LogP contribution is -2.44. The molecule has 32 heavy (non-hydrogen) atoms. The van der Waals surface area contributed by atoms with Gasteiger partial charge in [0.1, 0.15) is 11.9 Å². The molecule has 0 aliphatic carbocycles. The number of carbonyl (C=O) groups is 2. The van der Waals surface area contributed by atoms with Crippen LogP contribution in [0.15, 0.2) is 42.6 Å². The molecule has 8 heteroatoms. The lowest BCUT2D eigenvalue weighted by molar-refractivity contribution is -0.139. The summed E-state index contributed by atoms with van der Waals surface area (Å²) < 4.78 is 2.04. The third kappa shape index (κ3) is 5.58. The van der Waals surface area contributed by atoms with Crippen molar-refractivity contribution >= 4 is 39.8 Å². The largest absolute Gasteiger partial charge is 0.480 e. The molecule has 2 heterocycles. The summed E-state index contributed by atoms with van der Waals surface area (Å²) in [6, 6.07) is 10.3. The maximum Gasteiger partial charge on any atom is 0.326 e. The number of carboxylic acids is 1. The van der Waals surface area contributed by atoms with E-state index in [-0.39, 0.29) is 12.3 Å². The number of benzene rings is 1. The summed E-state index contributed by atoms with van der Waals surface area (Å²) in [5, 5.41) is 10.9. The number of carboxylic acid groups (broad SMARTS) is 1. The Hall–Kier alpha value is -2.64. The molecule has 0 spiro atoms. The minimum Gasteiger partial charge on any atom is -0.480 e. The van der Waals surface area contributed by atoms with Gasteiger partial charge in [0.25, 0.3) is 0 Å². The molecule has 0 fully saturated rings. The summed E-state index contributed by atoms with van der Waals surface area (Å²) in [5.41, 5.74) is 1.69. The number of thiophene rings is 1. The normalized spacial score (nSPS) is 12.0. The minimum atomic E-state index is -1.04. The molecule has 0 aliphatic rings. The number of amides is 1. The second-order valence-corrected chi connectivity index (χ2v) is 9.46. The lowest BCUT2D eigenvalue weighted by atomic mass is 10.2. The van der Waals surface area contributed by atoms with Crippen LogP contribution < -0.4 is 4.90 Å². The van der Waals surface area contributed by atoms with E-state index in [1.165, 1.54) is 23.2 Å². The zero-order chi connectivity index (χ0) is 23.3. The van der Waals surface area contributed by atoms with Crippen LogP contribution >= 0.6 is 22.9 Å². The number of carbonyl (C=O) groups excluding carboxylic acids is 1. The number of aliphatic carboxylic acids is 1. The van der Waals surface area contributed by atoms with Crippen LogP contribution in [0.25, 0.3) is 0 Å². The number of aromatic nitrogens is 2. The van der Waals surface area contributed by atoms with E-state index in [2.05, 4.69) is 11.9 Å². The molecule has 1 amide bonds. The van der Waals surface area contributed by atoms with Gasteiger partial charge in [-0.3, -0.25) is 9.69 Å². The highest BCUT2D eigenvalue weighted by molar-refractivity contribution is 7.16. The third-order valence-corrected chi connectivity index (χ3v) is 6.74. The zero-order valence-corrected chi connectivity index (χ0v) is 20.1. The van der Waals surface area contributed by atoms with E-state index in [1.807, 2.05) is 41.8 Å². The molecule has 170 valence electrons. The number of rotatable bonds is 10. The average Bonchev–Trinajstić information content (AvgIpc) is 3.34. The molecule has 1 atom stereocenters. The molecule has 3 rings (SSSR count). The van der Waals surface area contributed by atoms with Crippen molar-refractivity contribution in [3.05, 3.63) is 69.6 Å². The number of aryl methyl sites for hydroxylation is 2. The molecular weight excluding hydrogens is 446 g/mol. The van der Waals surface area contributed by atoms with Gasteiger partial charge >= 0.3 is 5.97 Å². The van der Waals surface area contributed by atoms with Crippen molar-refractivity contribution in [1.82, 2.24) is 9.55 Å². The highest BCUT2D eigenvalue weighted by Gasteiger charge is 2.29. The number of nitrogens with zero attached hydrogens (tertiary/aromatic N) is 3. The van der Waals surface area contributed by atoms with Gasteiger partial charge in [-0.2, -0.15) is 0 Å². The van der Waals surface area contributed by atoms with Crippen LogP contribution in [0.1, 0.15) is 48.6 Å². The number of halogens is 1. The molecular formula is C24H28ClN3O3S. The fourth-order valence-corrected chi connectivity index (χ4v) is 4.71. The van der Waals surface area contributed by atoms with Gasteiger partial charge in [0.05, 0.1) is 18.0 Å². The van der Waals surface area contributed by atoms with Gasteiger partial charge in [0.2, 0.25) is 5.91 Å².